The molecule has 0 amide bonds. The van der Waals surface area contributed by atoms with Gasteiger partial charge in [-0.25, -0.2) is 13.1 Å². The summed E-state index contributed by atoms with van der Waals surface area (Å²) in [5.41, 5.74) is 0. The highest BCUT2D eigenvalue weighted by molar-refractivity contribution is 7.89. The monoisotopic (exact) mass is 311 g/mol. The summed E-state index contributed by atoms with van der Waals surface area (Å²) in [5, 5.41) is 0.525. The predicted molar refractivity (Wildman–Crippen MR) is 72.7 cm³/mol. The molecule has 0 heterocycles. The molecule has 1 aromatic rings. The van der Waals surface area contributed by atoms with Crippen molar-refractivity contribution in [3.63, 3.8) is 0 Å². The van der Waals surface area contributed by atoms with Gasteiger partial charge in [-0.3, -0.25) is 0 Å². The third kappa shape index (κ3) is 4.74. The number of sulfonamides is 1. The number of ether oxygens (including phenoxy) is 1. The summed E-state index contributed by atoms with van der Waals surface area (Å²) in [6, 6.07) is 4.17. The van der Waals surface area contributed by atoms with Crippen molar-refractivity contribution in [2.24, 2.45) is 0 Å². The molecule has 0 saturated carbocycles. The van der Waals surface area contributed by atoms with E-state index < -0.39 is 10.0 Å². The number of benzene rings is 1. The zero-order chi connectivity index (χ0) is 13.8. The van der Waals surface area contributed by atoms with Crippen molar-refractivity contribution in [1.29, 1.82) is 0 Å². The van der Waals surface area contributed by atoms with Gasteiger partial charge in [-0.05, 0) is 32.0 Å². The molecule has 1 N–H and O–H groups in total. The van der Waals surface area contributed by atoms with Crippen LogP contribution in [-0.4, -0.2) is 27.7 Å². The Bertz CT molecular complexity index is 503. The summed E-state index contributed by atoms with van der Waals surface area (Å²) in [5.74, 6) is 0. The minimum Gasteiger partial charge on any atom is -0.377 e. The fourth-order valence-electron chi connectivity index (χ4n) is 1.20. The second-order valence-electron chi connectivity index (χ2n) is 3.89. The van der Waals surface area contributed by atoms with Gasteiger partial charge in [-0.15, -0.1) is 0 Å². The lowest BCUT2D eigenvalue weighted by atomic mass is 10.4. The molecule has 0 aliphatic heterocycles. The number of hydrogen-bond donors (Lipinski definition) is 1. The van der Waals surface area contributed by atoms with Crippen LogP contribution in [0.5, 0.6) is 0 Å². The largest absolute Gasteiger partial charge is 0.377 e. The van der Waals surface area contributed by atoms with Crippen LogP contribution >= 0.6 is 23.2 Å². The van der Waals surface area contributed by atoms with Crippen LogP contribution in [0.2, 0.25) is 10.0 Å². The van der Waals surface area contributed by atoms with E-state index in [9.17, 15) is 8.42 Å². The van der Waals surface area contributed by atoms with E-state index in [0.29, 0.717) is 11.6 Å². The van der Waals surface area contributed by atoms with Crippen molar-refractivity contribution in [3.05, 3.63) is 28.2 Å². The first kappa shape index (κ1) is 15.7. The van der Waals surface area contributed by atoms with Crippen molar-refractivity contribution in [2.45, 2.75) is 24.8 Å². The molecule has 102 valence electrons. The number of halogens is 2. The van der Waals surface area contributed by atoms with Crippen LogP contribution in [0.3, 0.4) is 0 Å². The predicted octanol–water partition coefficient (Wildman–Crippen LogP) is 2.70. The zero-order valence-electron chi connectivity index (χ0n) is 10.1. The normalized spacial score (nSPS) is 12.1. The molecule has 0 radical (unpaired) electrons. The Morgan fingerprint density at radius 3 is 2.50 bits per heavy atom. The van der Waals surface area contributed by atoms with Crippen molar-refractivity contribution >= 4 is 33.2 Å². The fraction of sp³-hybridized carbons (Fsp3) is 0.455. The van der Waals surface area contributed by atoms with Gasteiger partial charge in [0.2, 0.25) is 10.0 Å². The topological polar surface area (TPSA) is 55.4 Å². The van der Waals surface area contributed by atoms with E-state index in [-0.39, 0.29) is 22.6 Å². The maximum Gasteiger partial charge on any atom is 0.240 e. The second-order valence-corrected chi connectivity index (χ2v) is 6.47. The van der Waals surface area contributed by atoms with E-state index in [4.69, 9.17) is 27.9 Å². The van der Waals surface area contributed by atoms with Crippen LogP contribution in [0.15, 0.2) is 23.1 Å². The molecule has 0 atom stereocenters. The number of hydrogen-bond acceptors (Lipinski definition) is 3. The van der Waals surface area contributed by atoms with Crippen molar-refractivity contribution in [3.8, 4) is 0 Å². The lowest BCUT2D eigenvalue weighted by Gasteiger charge is -2.09. The third-order valence-corrected chi connectivity index (χ3v) is 4.24. The van der Waals surface area contributed by atoms with Crippen molar-refractivity contribution < 1.29 is 13.2 Å². The van der Waals surface area contributed by atoms with E-state index >= 15 is 0 Å². The Morgan fingerprint density at radius 1 is 1.28 bits per heavy atom. The van der Waals surface area contributed by atoms with Crippen LogP contribution < -0.4 is 4.72 Å². The minimum atomic E-state index is -3.57. The van der Waals surface area contributed by atoms with Gasteiger partial charge in [0.25, 0.3) is 0 Å². The highest BCUT2D eigenvalue weighted by Crippen LogP contribution is 2.24. The summed E-state index contributed by atoms with van der Waals surface area (Å²) in [6.07, 6.45) is 0.0690. The molecule has 1 aromatic carbocycles. The van der Waals surface area contributed by atoms with E-state index in [0.717, 1.165) is 0 Å². The van der Waals surface area contributed by atoms with E-state index in [1.54, 1.807) is 0 Å². The van der Waals surface area contributed by atoms with Crippen molar-refractivity contribution in [1.82, 2.24) is 4.72 Å². The molecule has 0 aromatic heterocycles. The van der Waals surface area contributed by atoms with Gasteiger partial charge in [-0.1, -0.05) is 23.2 Å². The highest BCUT2D eigenvalue weighted by atomic mass is 35.5. The van der Waals surface area contributed by atoms with Gasteiger partial charge >= 0.3 is 0 Å². The molecule has 1 rings (SSSR count). The molecular formula is C11H15Cl2NO3S. The molecule has 0 bridgehead atoms. The Balaban J connectivity index is 2.66. The van der Waals surface area contributed by atoms with Gasteiger partial charge in [-0.2, -0.15) is 0 Å². The summed E-state index contributed by atoms with van der Waals surface area (Å²) in [4.78, 5) is 0.0847. The molecule has 4 nitrogen and oxygen atoms in total. The lowest BCUT2D eigenvalue weighted by molar-refractivity contribution is 0.0834. The van der Waals surface area contributed by atoms with E-state index in [1.165, 1.54) is 18.2 Å². The average Bonchev–Trinajstić information content (AvgIpc) is 2.28. The Hall–Kier alpha value is -0.330. The van der Waals surface area contributed by atoms with Gasteiger partial charge in [0.05, 0.1) is 27.7 Å². The SMILES string of the molecule is CC(C)OCCNS(=O)(=O)c1ccc(Cl)c(Cl)c1. The standard InChI is InChI=1S/C11H15Cl2NO3S/c1-8(2)17-6-5-14-18(15,16)9-3-4-10(12)11(13)7-9/h3-4,7-8,14H,5-6H2,1-2H3. The van der Waals surface area contributed by atoms with E-state index in [2.05, 4.69) is 4.72 Å². The first-order valence-corrected chi connectivity index (χ1v) is 7.63. The summed E-state index contributed by atoms with van der Waals surface area (Å²) in [7, 11) is -3.57. The molecule has 18 heavy (non-hydrogen) atoms. The van der Waals surface area contributed by atoms with E-state index in [1.807, 2.05) is 13.8 Å². The van der Waals surface area contributed by atoms with Gasteiger partial charge < -0.3 is 4.74 Å². The molecular weight excluding hydrogens is 297 g/mol. The third-order valence-electron chi connectivity index (χ3n) is 2.05. The van der Waals surface area contributed by atoms with Crippen LogP contribution in [0.1, 0.15) is 13.8 Å². The number of rotatable bonds is 6. The quantitative estimate of drug-likeness (QED) is 0.822. The Morgan fingerprint density at radius 2 is 1.94 bits per heavy atom. The molecule has 0 saturated heterocycles. The molecule has 0 aliphatic rings. The van der Waals surface area contributed by atoms with Gasteiger partial charge in [0.15, 0.2) is 0 Å². The maximum absolute atomic E-state index is 11.9. The molecule has 0 aliphatic carbocycles. The first-order valence-electron chi connectivity index (χ1n) is 5.39. The molecule has 7 heteroatoms. The lowest BCUT2D eigenvalue weighted by Crippen LogP contribution is -2.28. The number of nitrogens with one attached hydrogen (secondary N) is 1. The first-order chi connectivity index (χ1) is 8.33. The average molecular weight is 312 g/mol. The highest BCUT2D eigenvalue weighted by Gasteiger charge is 2.14. The summed E-state index contributed by atoms with van der Waals surface area (Å²) in [6.45, 7) is 4.29. The summed E-state index contributed by atoms with van der Waals surface area (Å²) < 4.78 is 31.4. The maximum atomic E-state index is 11.9. The fourth-order valence-corrected chi connectivity index (χ4v) is 2.60. The Kier molecular flexibility index (Phi) is 5.88. The second kappa shape index (κ2) is 6.73. The van der Waals surface area contributed by atoms with Crippen LogP contribution in [0.25, 0.3) is 0 Å². The molecule has 0 unspecified atom stereocenters. The van der Waals surface area contributed by atoms with Crippen LogP contribution in [0.4, 0.5) is 0 Å². The molecule has 0 fully saturated rings. The van der Waals surface area contributed by atoms with Crippen LogP contribution in [0, 0.1) is 0 Å². The van der Waals surface area contributed by atoms with Crippen LogP contribution in [-0.2, 0) is 14.8 Å². The molecule has 0 spiro atoms. The van der Waals surface area contributed by atoms with Gasteiger partial charge in [0.1, 0.15) is 0 Å². The zero-order valence-corrected chi connectivity index (χ0v) is 12.4. The Labute approximate surface area is 117 Å². The smallest absolute Gasteiger partial charge is 0.240 e. The summed E-state index contributed by atoms with van der Waals surface area (Å²) >= 11 is 11.5. The van der Waals surface area contributed by atoms with Crippen molar-refractivity contribution in [2.75, 3.05) is 13.2 Å². The van der Waals surface area contributed by atoms with Gasteiger partial charge in [0, 0.05) is 6.54 Å². The minimum absolute atomic E-state index is 0.0690.